The third kappa shape index (κ3) is 26.4. The molecule has 2 aliphatic heterocycles. The van der Waals surface area contributed by atoms with Crippen LogP contribution in [0.25, 0.3) is 56.0 Å². The van der Waals surface area contributed by atoms with Gasteiger partial charge in [-0.15, -0.1) is 20.4 Å². The van der Waals surface area contributed by atoms with Gasteiger partial charge in [-0.25, -0.2) is 23.7 Å². The molecule has 6 heterocycles. The molecule has 2 saturated heterocycles. The maximum Gasteiger partial charge on any atom is 1.00 e. The number of likely N-dealkylation sites (tertiary alicyclic amines) is 2. The van der Waals surface area contributed by atoms with Gasteiger partial charge in [0.05, 0.1) is 35.2 Å². The first kappa shape index (κ1) is 91.1. The number of esters is 2. The Labute approximate surface area is 704 Å². The molecule has 2 fully saturated rings. The van der Waals surface area contributed by atoms with Gasteiger partial charge in [0.2, 0.25) is 23.6 Å². The topological polar surface area (TPSA) is 342 Å². The van der Waals surface area contributed by atoms with E-state index in [2.05, 4.69) is 47.9 Å². The van der Waals surface area contributed by atoms with Crippen LogP contribution in [0.5, 0.6) is 0 Å². The maximum absolute atomic E-state index is 13.6. The molecule has 0 spiro atoms. The molecule has 0 aliphatic carbocycles. The average Bonchev–Trinajstić information content (AvgIpc) is 1.63. The van der Waals surface area contributed by atoms with Crippen molar-refractivity contribution in [3.05, 3.63) is 195 Å². The summed E-state index contributed by atoms with van der Waals surface area (Å²) in [5.74, 6) is 0.896. The van der Waals surface area contributed by atoms with Gasteiger partial charge >= 0.3 is 103 Å². The summed E-state index contributed by atoms with van der Waals surface area (Å²) in [5, 5.41) is 46.0. The van der Waals surface area contributed by atoms with Crippen molar-refractivity contribution in [3.8, 4) is 34.2 Å². The number of fused-ring (bicyclic) bond motifs is 2. The summed E-state index contributed by atoms with van der Waals surface area (Å²) in [6.45, 7) is 22.9. The maximum atomic E-state index is 13.6. The second kappa shape index (κ2) is 40.6. The number of nitrogens with zero attached hydrogens (tertiary/aromatic N) is 8. The minimum Gasteiger partial charge on any atom is -1.00 e. The van der Waals surface area contributed by atoms with Gasteiger partial charge in [-0.2, -0.15) is 0 Å². The van der Waals surface area contributed by atoms with Crippen LogP contribution >= 0.6 is 22.6 Å². The van der Waals surface area contributed by atoms with Gasteiger partial charge in [0.1, 0.15) is 47.7 Å². The van der Waals surface area contributed by atoms with Crippen molar-refractivity contribution >= 4 is 99.9 Å². The third-order valence-electron chi connectivity index (χ3n) is 16.1. The molecule has 0 radical (unpaired) electrons. The average molecular weight is 1650 g/mol. The van der Waals surface area contributed by atoms with Crippen LogP contribution in [0, 0.1) is 3.57 Å². The van der Waals surface area contributed by atoms with Gasteiger partial charge in [0.25, 0.3) is 6.47 Å². The van der Waals surface area contributed by atoms with Crippen molar-refractivity contribution in [2.75, 3.05) is 13.1 Å². The Kier molecular flexibility index (Phi) is 33.4. The first-order chi connectivity index (χ1) is 51.1. The SMILES string of the molecule is C.CC(C)(C)OC(=O)Cc1ccc2c(c1)cc(-c1ccc(-c3nnc([C@@H]4CCCN4C(=O)OCc4ccccc4)o3)cc1)n2C(=O)OC(C)(C)C.CC(C)(C)OC(=O)Cc1ccc2c(c1)cc(B(O)O)n2C(=O)OC(C)(C)C.O=C(OCc1ccccc1)N1CCC[C@H]1c1nnc(-c2ccc(I)cc2)o1.O=CO[O-].[H-].[Na+].[Na+]. The van der Waals surface area contributed by atoms with E-state index < -0.39 is 47.8 Å². The number of carbonyl (C=O) groups is 7. The Morgan fingerprint density at radius 1 is 0.514 bits per heavy atom. The van der Waals surface area contributed by atoms with E-state index in [0.717, 1.165) is 60.6 Å². The molecule has 6 aromatic carbocycles. The number of hydrogen-bond acceptors (Lipinski definition) is 23. The minimum absolute atomic E-state index is 0. The molecular formula is C80H92BIN8Na2O19. The predicted molar refractivity (Wildman–Crippen MR) is 413 cm³/mol. The van der Waals surface area contributed by atoms with E-state index in [-0.39, 0.29) is 136 Å². The van der Waals surface area contributed by atoms with Crippen molar-refractivity contribution in [3.63, 3.8) is 0 Å². The molecule has 0 bridgehead atoms. The Morgan fingerprint density at radius 3 is 1.29 bits per heavy atom. The molecule has 2 N–H and O–H groups in total. The Morgan fingerprint density at radius 2 is 0.892 bits per heavy atom. The molecule has 0 unspecified atom stereocenters. The van der Waals surface area contributed by atoms with Crippen LogP contribution in [0.1, 0.15) is 164 Å². The van der Waals surface area contributed by atoms with Crippen LogP contribution < -0.4 is 70.0 Å². The summed E-state index contributed by atoms with van der Waals surface area (Å²) in [7, 11) is -1.85. The van der Waals surface area contributed by atoms with Crippen molar-refractivity contribution < 1.29 is 152 Å². The molecule has 2 atom stereocenters. The van der Waals surface area contributed by atoms with Gasteiger partial charge in [0.15, 0.2) is 0 Å². The molecule has 27 nitrogen and oxygen atoms in total. The molecule has 0 saturated carbocycles. The molecule has 578 valence electrons. The molecule has 2 amide bonds. The number of amides is 2. The van der Waals surface area contributed by atoms with Gasteiger partial charge in [-0.05, 0) is 232 Å². The normalized spacial score (nSPS) is 13.9. The number of carbonyl (C=O) groups excluding carboxylic acids is 7. The summed E-state index contributed by atoms with van der Waals surface area (Å²) < 4.78 is 48.8. The van der Waals surface area contributed by atoms with E-state index >= 15 is 0 Å². The third-order valence-corrected chi connectivity index (χ3v) is 16.8. The standard InChI is InChI=1S/C39H42N4O7.C20H18IN3O3.C19H26BNO6.CH2O3.CH4.2Na.H/c1-38(2,3)49-33(44)22-26-14-19-30-29(21-26)23-32(43(30)37(46)50-39(4,5)6)27-15-17-28(18-16-27)34-40-41-35(48-34)31-13-10-20-42(31)36(45)47-24-25-11-8-7-9-12-25;21-16-10-8-15(9-11-16)18-22-23-19(27-18)17-7-4-12-24(17)20(25)26-13-14-5-2-1-3-6-14;1-18(2,3)26-16(22)10-12-7-8-14-13(9-12)11-15(20(24)25)21(14)17(23)27-19(4,5)6;2-1-4-3;;;;/h7-9,11-12,14-19,21,23,31H,10,13,20,22,24H2,1-6H3;1-3,5-6,8-11,17H,4,7,12-13H2;7-9,11,24-25H,10H2,1-6H3;1,3H;1H4;;;/q;;;;;2*+1;-1/p-1/t31-;17-;;;;;;/m00....../s1. The smallest absolute Gasteiger partial charge is 1.00 e. The van der Waals surface area contributed by atoms with Crippen molar-refractivity contribution in [2.45, 2.75) is 177 Å². The number of rotatable bonds is 15. The molecule has 111 heavy (non-hydrogen) atoms. The van der Waals surface area contributed by atoms with Crippen LogP contribution in [0.4, 0.5) is 19.2 Å². The fourth-order valence-electron chi connectivity index (χ4n) is 11.7. The van der Waals surface area contributed by atoms with Crippen molar-refractivity contribution in [1.29, 1.82) is 0 Å². The second-order valence-electron chi connectivity index (χ2n) is 29.4. The van der Waals surface area contributed by atoms with Crippen molar-refractivity contribution in [1.82, 2.24) is 39.3 Å². The number of ether oxygens (including phenoxy) is 6. The minimum atomic E-state index is -1.85. The summed E-state index contributed by atoms with van der Waals surface area (Å²) >= 11 is 2.25. The molecule has 2 aliphatic rings. The first-order valence-corrected chi connectivity index (χ1v) is 36.0. The van der Waals surface area contributed by atoms with E-state index in [4.69, 9.17) is 47.3 Å². The Hall–Kier alpha value is -8.76. The summed E-state index contributed by atoms with van der Waals surface area (Å²) in [4.78, 5) is 90.7. The van der Waals surface area contributed by atoms with Crippen LogP contribution in [0.15, 0.2) is 167 Å². The van der Waals surface area contributed by atoms with E-state index in [0.29, 0.717) is 76.3 Å². The number of benzene rings is 6. The summed E-state index contributed by atoms with van der Waals surface area (Å²) in [6.07, 6.45) is 1.34. The van der Waals surface area contributed by atoms with E-state index in [9.17, 15) is 38.8 Å². The molecule has 4 aromatic heterocycles. The van der Waals surface area contributed by atoms with E-state index in [1.54, 1.807) is 74.1 Å². The zero-order valence-electron chi connectivity index (χ0n) is 65.2. The Bertz CT molecular complexity index is 4770. The number of hydrogen-bond donors (Lipinski definition) is 2. The number of halogens is 1. The number of aromatic nitrogens is 6. The van der Waals surface area contributed by atoms with Crippen LogP contribution in [-0.4, -0.2) is 135 Å². The molecule has 10 aromatic rings. The monoisotopic (exact) mass is 1650 g/mol. The Balaban J connectivity index is 0.000000309. The summed E-state index contributed by atoms with van der Waals surface area (Å²) in [5.41, 5.74) is 4.76. The van der Waals surface area contributed by atoms with Gasteiger partial charge in [-0.1, -0.05) is 92.4 Å². The van der Waals surface area contributed by atoms with Crippen LogP contribution in [-0.2, 0) is 73.7 Å². The largest absolute Gasteiger partial charge is 1.00 e. The van der Waals surface area contributed by atoms with Gasteiger partial charge < -0.3 is 58.9 Å². The van der Waals surface area contributed by atoms with Gasteiger partial charge in [-0.3, -0.25) is 28.8 Å². The molecule has 31 heteroatoms. The van der Waals surface area contributed by atoms with E-state index in [1.807, 2.05) is 175 Å². The zero-order chi connectivity index (χ0) is 78.3. The van der Waals surface area contributed by atoms with Crippen LogP contribution in [0.2, 0.25) is 0 Å². The van der Waals surface area contributed by atoms with E-state index in [1.165, 1.54) is 6.07 Å². The quantitative estimate of drug-likeness (QED) is 0.0185. The fraction of sp³-hybridized carbons (Fsp3) is 0.362. The second-order valence-corrected chi connectivity index (χ2v) is 30.6. The molecule has 12 rings (SSSR count). The van der Waals surface area contributed by atoms with Crippen LogP contribution in [0.3, 0.4) is 0 Å². The predicted octanol–water partition coefficient (Wildman–Crippen LogP) is 8.49. The van der Waals surface area contributed by atoms with Gasteiger partial charge in [0, 0.05) is 38.6 Å². The molecular weight excluding hydrogens is 1560 g/mol. The summed E-state index contributed by atoms with van der Waals surface area (Å²) in [6, 6.07) is 47.9. The zero-order valence-corrected chi connectivity index (χ0v) is 70.3. The van der Waals surface area contributed by atoms with Crippen molar-refractivity contribution in [2.24, 2.45) is 0 Å². The first-order valence-electron chi connectivity index (χ1n) is 34.9. The fourth-order valence-corrected chi connectivity index (χ4v) is 12.1.